The molecular weight excluding hydrogens is 1070 g/mol. The summed E-state index contributed by atoms with van der Waals surface area (Å²) >= 11 is 0. The minimum Gasteiger partial charge on any atom is -0.507 e. The first-order chi connectivity index (χ1) is 39.6. The average molecular weight is 1160 g/mol. The number of fused-ring (bicyclic) bond motifs is 1. The maximum absolute atomic E-state index is 12.9. The molecule has 16 heteroatoms. The van der Waals surface area contributed by atoms with Gasteiger partial charge < -0.3 is 74.4 Å². The van der Waals surface area contributed by atoms with Gasteiger partial charge in [-0.25, -0.2) is 0 Å². The highest BCUT2D eigenvalue weighted by Gasteiger charge is 2.48. The number of aliphatic hydroxyl groups excluding tert-OH is 7. The second-order valence-corrected chi connectivity index (χ2v) is 24.1. The number of carbonyl (C=O) groups is 1. The molecule has 12 atom stereocenters. The van der Waals surface area contributed by atoms with Gasteiger partial charge in [-0.15, -0.1) is 0 Å². The number of hydrogen-bond acceptors (Lipinski definition) is 16. The van der Waals surface area contributed by atoms with Crippen molar-refractivity contribution in [3.05, 3.63) is 171 Å². The van der Waals surface area contributed by atoms with E-state index in [-0.39, 0.29) is 51.9 Å². The lowest BCUT2D eigenvalue weighted by Crippen LogP contribution is -2.61. The van der Waals surface area contributed by atoms with Gasteiger partial charge in [-0.3, -0.25) is 4.79 Å². The number of aromatic hydroxyl groups is 2. The van der Waals surface area contributed by atoms with E-state index >= 15 is 0 Å². The molecule has 2 saturated heterocycles. The molecule has 0 aromatic heterocycles. The van der Waals surface area contributed by atoms with E-state index in [9.17, 15) is 50.8 Å². The van der Waals surface area contributed by atoms with Gasteiger partial charge >= 0.3 is 0 Å². The monoisotopic (exact) mass is 1160 g/mol. The molecule has 7 rings (SSSR count). The maximum atomic E-state index is 12.9. The predicted octanol–water partition coefficient (Wildman–Crippen LogP) is 10.4. The SMILES string of the molecule is CC1=C(/C=C/C(C)=C/C=C/C(C)=C/C=C/C=C(C)/C=C/C=C(C)/C=C/C2=C(C)C[C@@H](O)CC2(C)C)C(C)(C)CCC1.COc1ccc([C@@H]2CC(=O)c3c(O)cc(O[C@@H]4O[C@H](CO[C@@H]5O[C@@H](C)[C@H](O)[C@@H](O)[C@H]5O)[C@@H](O)[C@H](O)[C@H]4O)cc3O2)cc1O. The number of phenols is 2. The van der Waals surface area contributed by atoms with Crippen LogP contribution in [0.3, 0.4) is 0 Å². The lowest BCUT2D eigenvalue weighted by atomic mass is 9.71. The number of phenolic OH excluding ortho intramolecular Hbond substituents is 2. The Hall–Kier alpha value is -6.15. The highest BCUT2D eigenvalue weighted by atomic mass is 16.7. The van der Waals surface area contributed by atoms with Crippen molar-refractivity contribution in [1.82, 2.24) is 0 Å². The first-order valence-corrected chi connectivity index (χ1v) is 28.9. The summed E-state index contributed by atoms with van der Waals surface area (Å²) in [5.41, 5.74) is 11.3. The number of aliphatic hydroxyl groups is 7. The molecule has 5 aliphatic rings. The molecule has 16 nitrogen and oxygen atoms in total. The summed E-state index contributed by atoms with van der Waals surface area (Å²) < 4.78 is 33.1. The molecule has 2 aliphatic carbocycles. The third-order valence-electron chi connectivity index (χ3n) is 16.0. The molecule has 0 radical (unpaired) electrons. The number of methoxy groups -OCH3 is 1. The summed E-state index contributed by atoms with van der Waals surface area (Å²) in [5.74, 6) is -0.999. The van der Waals surface area contributed by atoms with Crippen LogP contribution < -0.4 is 14.2 Å². The van der Waals surface area contributed by atoms with Crippen molar-refractivity contribution < 1.29 is 79.2 Å². The summed E-state index contributed by atoms with van der Waals surface area (Å²) in [7, 11) is 1.39. The summed E-state index contributed by atoms with van der Waals surface area (Å²) in [6.45, 7) is 23.1. The fraction of sp³-hybridized carbons (Fsp3) is 0.485. The van der Waals surface area contributed by atoms with Crippen molar-refractivity contribution >= 4 is 5.78 Å². The van der Waals surface area contributed by atoms with Crippen LogP contribution in [-0.4, -0.2) is 133 Å². The topological polar surface area (TPSA) is 255 Å². The van der Waals surface area contributed by atoms with Crippen LogP contribution in [0.5, 0.6) is 28.7 Å². The number of allylic oxidation sites excluding steroid dienone is 21. The Kier molecular flexibility index (Phi) is 23.7. The number of hydrogen-bond donors (Lipinski definition) is 9. The molecule has 0 amide bonds. The molecule has 0 spiro atoms. The van der Waals surface area contributed by atoms with Crippen LogP contribution in [-0.2, 0) is 14.2 Å². The second-order valence-electron chi connectivity index (χ2n) is 24.1. The van der Waals surface area contributed by atoms with E-state index in [1.165, 1.54) is 90.5 Å². The normalized spacial score (nSPS) is 29.9. The summed E-state index contributed by atoms with van der Waals surface area (Å²) in [4.78, 5) is 12.9. The molecule has 2 fully saturated rings. The standard InChI is InChI=1S/C40H56O.C28H34O15/c1-30(18-13-20-32(3)23-25-37-34(5)22-15-27-39(37,7)8)16-11-12-17-31(2)19-14-21-33(4)24-26-38-35(6)28-36(41)29-40(38,9)10;1-10-21(32)23(34)25(36)27(40-10)39-9-19-22(33)24(35)26(37)28(43-19)41-12-6-14(30)20-15(31)8-17(42-18(20)7-12)11-3-4-16(38-2)13(29)5-11/h11-14,16-21,23-26,36,41H,15,22,27-29H2,1-10H3;3-7,10,17,19,21-30,32-37H,8-9H2,1-2H3/b12-11+,18-13+,19-14+,25-23+,26-24+,30-16+,31-17+,32-20+,33-21+;/t36-;10-,17-,19+,21-,22+,23+,24-,25+,26+,27+,28+/m10/s1. The van der Waals surface area contributed by atoms with Crippen LogP contribution in [0.1, 0.15) is 137 Å². The Morgan fingerprint density at radius 2 is 1.23 bits per heavy atom. The van der Waals surface area contributed by atoms with Crippen molar-refractivity contribution in [3.8, 4) is 28.7 Å². The lowest BCUT2D eigenvalue weighted by Gasteiger charge is -2.42. The van der Waals surface area contributed by atoms with Gasteiger partial charge in [-0.05, 0) is 120 Å². The second kappa shape index (κ2) is 29.8. The molecular formula is C68H90O16. The third kappa shape index (κ3) is 17.7. The Labute approximate surface area is 495 Å². The van der Waals surface area contributed by atoms with Crippen LogP contribution in [0, 0.1) is 10.8 Å². The Morgan fingerprint density at radius 3 is 1.81 bits per heavy atom. The van der Waals surface area contributed by atoms with Gasteiger partial charge in [-0.2, -0.15) is 0 Å². The van der Waals surface area contributed by atoms with Crippen LogP contribution in [0.2, 0.25) is 0 Å². The molecule has 3 heterocycles. The Balaban J connectivity index is 0.000000270. The van der Waals surface area contributed by atoms with Crippen LogP contribution in [0.15, 0.2) is 160 Å². The van der Waals surface area contributed by atoms with Crippen LogP contribution in [0.25, 0.3) is 0 Å². The van der Waals surface area contributed by atoms with Gasteiger partial charge in [0.1, 0.15) is 71.6 Å². The van der Waals surface area contributed by atoms with Crippen LogP contribution in [0.4, 0.5) is 0 Å². The molecule has 0 unspecified atom stereocenters. The van der Waals surface area contributed by atoms with Crippen molar-refractivity contribution in [2.24, 2.45) is 10.8 Å². The van der Waals surface area contributed by atoms with Crippen molar-refractivity contribution in [3.63, 3.8) is 0 Å². The molecule has 3 aliphatic heterocycles. The van der Waals surface area contributed by atoms with E-state index in [2.05, 4.69) is 154 Å². The van der Waals surface area contributed by atoms with Gasteiger partial charge in [0.2, 0.25) is 6.29 Å². The fourth-order valence-corrected chi connectivity index (χ4v) is 11.2. The molecule has 9 N–H and O–H groups in total. The number of ketones is 1. The maximum Gasteiger partial charge on any atom is 0.229 e. The van der Waals surface area contributed by atoms with E-state index in [4.69, 9.17) is 28.4 Å². The van der Waals surface area contributed by atoms with E-state index in [0.717, 1.165) is 18.9 Å². The number of benzene rings is 2. The van der Waals surface area contributed by atoms with E-state index in [0.29, 0.717) is 5.56 Å². The molecule has 2 aromatic rings. The van der Waals surface area contributed by atoms with E-state index < -0.39 is 85.7 Å². The van der Waals surface area contributed by atoms with Gasteiger partial charge in [0.05, 0.1) is 32.3 Å². The lowest BCUT2D eigenvalue weighted by molar-refractivity contribution is -0.318. The van der Waals surface area contributed by atoms with E-state index in [1.54, 1.807) is 11.6 Å². The minimum atomic E-state index is -1.77. The fourth-order valence-electron chi connectivity index (χ4n) is 11.2. The molecule has 84 heavy (non-hydrogen) atoms. The zero-order valence-electron chi connectivity index (χ0n) is 50.7. The quantitative estimate of drug-likeness (QED) is 0.0668. The molecule has 2 aromatic carbocycles. The minimum absolute atomic E-state index is 0.0128. The zero-order valence-corrected chi connectivity index (χ0v) is 50.7. The first-order valence-electron chi connectivity index (χ1n) is 28.9. The predicted molar refractivity (Wildman–Crippen MR) is 323 cm³/mol. The van der Waals surface area contributed by atoms with Crippen molar-refractivity contribution in [2.45, 2.75) is 188 Å². The molecule has 458 valence electrons. The number of rotatable bonds is 17. The van der Waals surface area contributed by atoms with Gasteiger partial charge in [0.15, 0.2) is 23.6 Å². The van der Waals surface area contributed by atoms with Crippen molar-refractivity contribution in [2.75, 3.05) is 13.7 Å². The molecule has 0 bridgehead atoms. The number of Topliss-reactive ketones (excluding diaryl/α,β-unsaturated/α-hetero) is 1. The number of ether oxygens (including phenoxy) is 6. The van der Waals surface area contributed by atoms with Gasteiger partial charge in [0, 0.05) is 12.1 Å². The summed E-state index contributed by atoms with van der Waals surface area (Å²) in [6, 6.07) is 6.90. The van der Waals surface area contributed by atoms with E-state index in [1.807, 2.05) is 0 Å². The van der Waals surface area contributed by atoms with Crippen molar-refractivity contribution in [1.29, 1.82) is 0 Å². The summed E-state index contributed by atoms with van der Waals surface area (Å²) in [6.07, 6.45) is 19.6. The highest BCUT2D eigenvalue weighted by molar-refractivity contribution is 6.02. The Morgan fingerprint density at radius 1 is 0.655 bits per heavy atom. The van der Waals surface area contributed by atoms with Gasteiger partial charge in [-0.1, -0.05) is 152 Å². The van der Waals surface area contributed by atoms with Crippen LogP contribution >= 0.6 is 0 Å². The first kappa shape index (κ1) is 67.0. The largest absolute Gasteiger partial charge is 0.507 e. The smallest absolute Gasteiger partial charge is 0.229 e. The Bertz CT molecular complexity index is 2980. The third-order valence-corrected chi connectivity index (χ3v) is 16.0. The summed E-state index contributed by atoms with van der Waals surface area (Å²) in [5, 5.41) is 92.4. The zero-order chi connectivity index (χ0) is 61.8. The van der Waals surface area contributed by atoms with Gasteiger partial charge in [0.25, 0.3) is 0 Å². The number of carbonyl (C=O) groups excluding carboxylic acids is 1. The molecule has 0 saturated carbocycles. The average Bonchev–Trinajstić information content (AvgIpc) is 3.42. The highest BCUT2D eigenvalue weighted by Crippen LogP contribution is 2.45.